The van der Waals surface area contributed by atoms with Crippen LogP contribution in [0.2, 0.25) is 0 Å². The van der Waals surface area contributed by atoms with E-state index in [1.54, 1.807) is 0 Å². The van der Waals surface area contributed by atoms with Crippen molar-refractivity contribution in [1.82, 2.24) is 10.2 Å². The van der Waals surface area contributed by atoms with Crippen LogP contribution in [0.15, 0.2) is 0 Å². The summed E-state index contributed by atoms with van der Waals surface area (Å²) >= 11 is 0. The molecular formula is C17H34N2O. The van der Waals surface area contributed by atoms with Crippen LogP contribution in [0.4, 0.5) is 0 Å². The van der Waals surface area contributed by atoms with Gasteiger partial charge in [0.25, 0.3) is 0 Å². The van der Waals surface area contributed by atoms with Gasteiger partial charge in [0.15, 0.2) is 0 Å². The molecule has 1 heterocycles. The van der Waals surface area contributed by atoms with Crippen molar-refractivity contribution in [3.63, 3.8) is 0 Å². The molecule has 118 valence electrons. The largest absolute Gasteiger partial charge is 0.381 e. The van der Waals surface area contributed by atoms with Crippen LogP contribution in [0.25, 0.3) is 0 Å². The third kappa shape index (κ3) is 2.77. The van der Waals surface area contributed by atoms with E-state index in [-0.39, 0.29) is 0 Å². The van der Waals surface area contributed by atoms with Crippen molar-refractivity contribution in [1.29, 1.82) is 0 Å². The van der Waals surface area contributed by atoms with E-state index >= 15 is 0 Å². The summed E-state index contributed by atoms with van der Waals surface area (Å²) in [6.07, 6.45) is 4.14. The van der Waals surface area contributed by atoms with Crippen LogP contribution in [-0.4, -0.2) is 49.3 Å². The quantitative estimate of drug-likeness (QED) is 0.839. The molecule has 1 aliphatic heterocycles. The van der Waals surface area contributed by atoms with Gasteiger partial charge in [0.1, 0.15) is 0 Å². The molecule has 0 aromatic rings. The molecule has 5 unspecified atom stereocenters. The lowest BCUT2D eigenvalue weighted by molar-refractivity contribution is -0.154. The van der Waals surface area contributed by atoms with E-state index in [0.29, 0.717) is 29.6 Å². The van der Waals surface area contributed by atoms with E-state index in [1.165, 1.54) is 25.8 Å². The number of nitrogens with zero attached hydrogens (tertiary/aromatic N) is 1. The maximum Gasteiger partial charge on any atom is 0.0652 e. The predicted molar refractivity (Wildman–Crippen MR) is 85.0 cm³/mol. The average molecular weight is 282 g/mol. The molecule has 2 rings (SSSR count). The Kier molecular flexibility index (Phi) is 5.14. The Balaban J connectivity index is 2.07. The molecule has 0 spiro atoms. The molecule has 3 heteroatoms. The van der Waals surface area contributed by atoms with E-state index in [4.69, 9.17) is 4.74 Å². The minimum atomic E-state index is 0.291. The fourth-order valence-corrected chi connectivity index (χ4v) is 4.10. The fraction of sp³-hybridized carbons (Fsp3) is 1.00. The van der Waals surface area contributed by atoms with E-state index in [2.05, 4.69) is 44.8 Å². The molecule has 0 aromatic heterocycles. The Morgan fingerprint density at radius 2 is 2.05 bits per heavy atom. The highest BCUT2D eigenvalue weighted by atomic mass is 16.5. The minimum Gasteiger partial charge on any atom is -0.381 e. The average Bonchev–Trinajstić information content (AvgIpc) is 2.45. The third-order valence-electron chi connectivity index (χ3n) is 6.11. The van der Waals surface area contributed by atoms with E-state index < -0.39 is 0 Å². The van der Waals surface area contributed by atoms with Crippen LogP contribution >= 0.6 is 0 Å². The molecular weight excluding hydrogens is 248 g/mol. The van der Waals surface area contributed by atoms with Crippen molar-refractivity contribution in [3.8, 4) is 0 Å². The zero-order chi connectivity index (χ0) is 14.9. The molecule has 1 saturated heterocycles. The Morgan fingerprint density at radius 3 is 2.55 bits per heavy atom. The number of hydrogen-bond acceptors (Lipinski definition) is 3. The normalized spacial score (nSPS) is 39.3. The predicted octanol–water partition coefficient (Wildman–Crippen LogP) is 2.90. The molecule has 0 amide bonds. The number of methoxy groups -OCH3 is 1. The van der Waals surface area contributed by atoms with Crippen LogP contribution in [0.1, 0.15) is 53.9 Å². The second-order valence-electron chi connectivity index (χ2n) is 7.46. The monoisotopic (exact) mass is 282 g/mol. The number of rotatable bonds is 5. The second kappa shape index (κ2) is 6.33. The molecule has 2 fully saturated rings. The van der Waals surface area contributed by atoms with Gasteiger partial charge in [-0.3, -0.25) is 4.90 Å². The van der Waals surface area contributed by atoms with Crippen LogP contribution in [-0.2, 0) is 4.74 Å². The molecule has 1 N–H and O–H groups in total. The smallest absolute Gasteiger partial charge is 0.0652 e. The highest BCUT2D eigenvalue weighted by Crippen LogP contribution is 2.46. The van der Waals surface area contributed by atoms with E-state index in [0.717, 1.165) is 12.5 Å². The number of nitrogens with one attached hydrogen (secondary N) is 1. The summed E-state index contributed by atoms with van der Waals surface area (Å²) in [5, 5.41) is 3.78. The summed E-state index contributed by atoms with van der Waals surface area (Å²) in [5.41, 5.74) is 0.291. The first-order chi connectivity index (χ1) is 9.45. The topological polar surface area (TPSA) is 24.5 Å². The first-order valence-electron chi connectivity index (χ1n) is 8.47. The van der Waals surface area contributed by atoms with Gasteiger partial charge in [-0.15, -0.1) is 0 Å². The van der Waals surface area contributed by atoms with Crippen molar-refractivity contribution < 1.29 is 4.74 Å². The maximum absolute atomic E-state index is 5.64. The highest BCUT2D eigenvalue weighted by Gasteiger charge is 2.53. The summed E-state index contributed by atoms with van der Waals surface area (Å²) in [4.78, 5) is 2.79. The van der Waals surface area contributed by atoms with Gasteiger partial charge in [0.05, 0.1) is 6.10 Å². The molecule has 5 atom stereocenters. The minimum absolute atomic E-state index is 0.291. The van der Waals surface area contributed by atoms with Gasteiger partial charge < -0.3 is 10.1 Å². The Hall–Kier alpha value is -0.120. The van der Waals surface area contributed by atoms with Gasteiger partial charge in [0, 0.05) is 43.7 Å². The zero-order valence-electron chi connectivity index (χ0n) is 14.3. The summed E-state index contributed by atoms with van der Waals surface area (Å²) < 4.78 is 5.64. The van der Waals surface area contributed by atoms with Crippen molar-refractivity contribution in [2.45, 2.75) is 78.1 Å². The lowest BCUT2D eigenvalue weighted by Crippen LogP contribution is -2.69. The molecule has 1 aliphatic carbocycles. The van der Waals surface area contributed by atoms with Crippen molar-refractivity contribution >= 4 is 0 Å². The van der Waals surface area contributed by atoms with Crippen molar-refractivity contribution in [2.75, 3.05) is 20.2 Å². The van der Waals surface area contributed by atoms with E-state index in [1.807, 2.05) is 7.11 Å². The van der Waals surface area contributed by atoms with E-state index in [9.17, 15) is 0 Å². The first-order valence-corrected chi connectivity index (χ1v) is 8.47. The Bertz CT molecular complexity index is 318. The fourth-order valence-electron chi connectivity index (χ4n) is 4.10. The van der Waals surface area contributed by atoms with Crippen LogP contribution in [0, 0.1) is 11.3 Å². The third-order valence-corrected chi connectivity index (χ3v) is 6.11. The summed E-state index contributed by atoms with van der Waals surface area (Å²) in [5.74, 6) is 0.761. The van der Waals surface area contributed by atoms with Crippen LogP contribution in [0.5, 0.6) is 0 Å². The second-order valence-corrected chi connectivity index (χ2v) is 7.46. The standard InChI is InChI=1S/C17H34N2O/c1-7-12(3)14-11-19(13(8-2)10-18-14)15-9-16(20-6)17(15,4)5/h12-16,18H,7-11H2,1-6H3. The SMILES string of the molecule is CCC(C)C1CN(C2CC(OC)C2(C)C)C(CC)CN1. The number of hydrogen-bond donors (Lipinski definition) is 1. The summed E-state index contributed by atoms with van der Waals surface area (Å²) in [6.45, 7) is 14.1. The van der Waals surface area contributed by atoms with Gasteiger partial charge >= 0.3 is 0 Å². The summed E-state index contributed by atoms with van der Waals surface area (Å²) in [6, 6.07) is 2.03. The molecule has 1 saturated carbocycles. The first kappa shape index (κ1) is 16.3. The lowest BCUT2D eigenvalue weighted by atomic mass is 9.63. The maximum atomic E-state index is 5.64. The Labute approximate surface area is 125 Å². The van der Waals surface area contributed by atoms with Gasteiger partial charge in [-0.1, -0.05) is 41.0 Å². The molecule has 2 aliphatic rings. The zero-order valence-corrected chi connectivity index (χ0v) is 14.3. The Morgan fingerprint density at radius 1 is 1.35 bits per heavy atom. The molecule has 20 heavy (non-hydrogen) atoms. The van der Waals surface area contributed by atoms with Crippen LogP contribution < -0.4 is 5.32 Å². The van der Waals surface area contributed by atoms with Crippen LogP contribution in [0.3, 0.4) is 0 Å². The summed E-state index contributed by atoms with van der Waals surface area (Å²) in [7, 11) is 1.86. The number of ether oxygens (including phenoxy) is 1. The van der Waals surface area contributed by atoms with Gasteiger partial charge in [0.2, 0.25) is 0 Å². The molecule has 0 aromatic carbocycles. The van der Waals surface area contributed by atoms with Gasteiger partial charge in [-0.05, 0) is 18.8 Å². The van der Waals surface area contributed by atoms with Crippen molar-refractivity contribution in [3.05, 3.63) is 0 Å². The van der Waals surface area contributed by atoms with Crippen molar-refractivity contribution in [2.24, 2.45) is 11.3 Å². The number of piperazine rings is 1. The molecule has 0 bridgehead atoms. The lowest BCUT2D eigenvalue weighted by Gasteiger charge is -2.59. The van der Waals surface area contributed by atoms with Gasteiger partial charge in [-0.25, -0.2) is 0 Å². The van der Waals surface area contributed by atoms with Gasteiger partial charge in [-0.2, -0.15) is 0 Å². The molecule has 3 nitrogen and oxygen atoms in total. The highest BCUT2D eigenvalue weighted by molar-refractivity contribution is 5.06. The molecule has 0 radical (unpaired) electrons.